The van der Waals surface area contributed by atoms with E-state index in [1.165, 1.54) is 12.1 Å². The first-order valence-electron chi connectivity index (χ1n) is 7.35. The average Bonchev–Trinajstić information content (AvgIpc) is 2.98. The molecule has 3 nitrogen and oxygen atoms in total. The summed E-state index contributed by atoms with van der Waals surface area (Å²) < 4.78 is 15.0. The summed E-state index contributed by atoms with van der Waals surface area (Å²) in [5.74, 6) is 1.15. The van der Waals surface area contributed by atoms with E-state index >= 15 is 0 Å². The third-order valence-electron chi connectivity index (χ3n) is 3.42. The van der Waals surface area contributed by atoms with E-state index < -0.39 is 0 Å². The highest BCUT2D eigenvalue weighted by Crippen LogP contribution is 2.30. The Kier molecular flexibility index (Phi) is 5.33. The predicted molar refractivity (Wildman–Crippen MR) is 96.6 cm³/mol. The second-order valence-corrected chi connectivity index (χ2v) is 6.45. The van der Waals surface area contributed by atoms with Crippen LogP contribution >= 0.6 is 23.4 Å². The maximum Gasteiger partial charge on any atom is 0.192 e. The molecule has 0 saturated heterocycles. The minimum atomic E-state index is -0.237. The Labute approximate surface area is 149 Å². The lowest BCUT2D eigenvalue weighted by atomic mass is 10.2. The Hall–Kier alpha value is -2.11. The summed E-state index contributed by atoms with van der Waals surface area (Å²) in [5, 5.41) is 9.97. The number of nitrogens with zero attached hydrogens (tertiary/aromatic N) is 3. The fourth-order valence-corrected chi connectivity index (χ4v) is 3.38. The van der Waals surface area contributed by atoms with E-state index in [1.807, 2.05) is 28.8 Å². The van der Waals surface area contributed by atoms with Gasteiger partial charge in [-0.05, 0) is 29.8 Å². The van der Waals surface area contributed by atoms with Crippen molar-refractivity contribution in [2.45, 2.75) is 17.5 Å². The molecule has 0 amide bonds. The minimum Gasteiger partial charge on any atom is -0.298 e. The van der Waals surface area contributed by atoms with Crippen molar-refractivity contribution in [1.82, 2.24) is 14.8 Å². The summed E-state index contributed by atoms with van der Waals surface area (Å²) in [6.07, 6.45) is 1.80. The zero-order valence-electron chi connectivity index (χ0n) is 12.8. The number of hydrogen-bond donors (Lipinski definition) is 0. The molecule has 2 aromatic carbocycles. The lowest BCUT2D eigenvalue weighted by Crippen LogP contribution is -2.01. The number of halogens is 2. The third-order valence-corrected chi connectivity index (χ3v) is 4.79. The van der Waals surface area contributed by atoms with Crippen LogP contribution < -0.4 is 0 Å². The summed E-state index contributed by atoms with van der Waals surface area (Å²) in [7, 11) is 0. The van der Waals surface area contributed by atoms with Crippen LogP contribution in [0.2, 0.25) is 5.02 Å². The van der Waals surface area contributed by atoms with Crippen molar-refractivity contribution in [2.24, 2.45) is 0 Å². The zero-order chi connectivity index (χ0) is 16.9. The van der Waals surface area contributed by atoms with E-state index in [-0.39, 0.29) is 5.82 Å². The summed E-state index contributed by atoms with van der Waals surface area (Å²) in [5.41, 5.74) is 1.86. The largest absolute Gasteiger partial charge is 0.298 e. The van der Waals surface area contributed by atoms with Gasteiger partial charge in [0.1, 0.15) is 5.82 Å². The molecule has 122 valence electrons. The quantitative estimate of drug-likeness (QED) is 0.446. The van der Waals surface area contributed by atoms with Crippen LogP contribution in [0.15, 0.2) is 66.3 Å². The van der Waals surface area contributed by atoms with Crippen molar-refractivity contribution < 1.29 is 4.39 Å². The number of benzene rings is 2. The summed E-state index contributed by atoms with van der Waals surface area (Å²) >= 11 is 7.82. The number of aromatic nitrogens is 3. The van der Waals surface area contributed by atoms with Gasteiger partial charge in [-0.15, -0.1) is 16.8 Å². The van der Waals surface area contributed by atoms with E-state index in [1.54, 1.807) is 30.0 Å². The molecule has 0 saturated carbocycles. The fourth-order valence-electron chi connectivity index (χ4n) is 2.26. The standard InChI is InChI=1S/C18H15ClFN3S/c1-2-11-23-17(15-5-3-4-6-16(15)19)21-22-18(23)24-12-13-7-9-14(20)10-8-13/h2-10H,1,11-12H2. The molecule has 0 radical (unpaired) electrons. The maximum atomic E-state index is 13.0. The molecule has 3 aromatic rings. The van der Waals surface area contributed by atoms with E-state index in [0.29, 0.717) is 23.1 Å². The van der Waals surface area contributed by atoms with Crippen molar-refractivity contribution in [1.29, 1.82) is 0 Å². The maximum absolute atomic E-state index is 13.0. The Balaban J connectivity index is 1.87. The van der Waals surface area contributed by atoms with Gasteiger partial charge >= 0.3 is 0 Å². The van der Waals surface area contributed by atoms with Crippen LogP contribution in [-0.4, -0.2) is 14.8 Å². The number of thioether (sulfide) groups is 1. The smallest absolute Gasteiger partial charge is 0.192 e. The van der Waals surface area contributed by atoms with Gasteiger partial charge < -0.3 is 0 Å². The van der Waals surface area contributed by atoms with Gasteiger partial charge in [-0.25, -0.2) is 4.39 Å². The highest BCUT2D eigenvalue weighted by molar-refractivity contribution is 7.98. The van der Waals surface area contributed by atoms with Gasteiger partial charge in [-0.3, -0.25) is 4.57 Å². The Morgan fingerprint density at radius 2 is 1.88 bits per heavy atom. The summed E-state index contributed by atoms with van der Waals surface area (Å²) in [6, 6.07) is 14.0. The van der Waals surface area contributed by atoms with E-state index in [2.05, 4.69) is 16.8 Å². The minimum absolute atomic E-state index is 0.237. The first kappa shape index (κ1) is 16.7. The summed E-state index contributed by atoms with van der Waals surface area (Å²) in [6.45, 7) is 4.38. The normalized spacial score (nSPS) is 10.8. The first-order valence-corrected chi connectivity index (χ1v) is 8.71. The molecule has 0 atom stereocenters. The second kappa shape index (κ2) is 7.64. The van der Waals surface area contributed by atoms with E-state index in [0.717, 1.165) is 16.3 Å². The van der Waals surface area contributed by atoms with Crippen molar-refractivity contribution in [2.75, 3.05) is 0 Å². The SMILES string of the molecule is C=CCn1c(SCc2ccc(F)cc2)nnc1-c1ccccc1Cl. The molecule has 0 aliphatic carbocycles. The molecule has 0 bridgehead atoms. The molecule has 1 aromatic heterocycles. The van der Waals surface area contributed by atoms with Gasteiger partial charge in [-0.2, -0.15) is 0 Å². The summed E-state index contributed by atoms with van der Waals surface area (Å²) in [4.78, 5) is 0. The molecule has 1 heterocycles. The monoisotopic (exact) mass is 359 g/mol. The van der Waals surface area contributed by atoms with Gasteiger partial charge in [0.15, 0.2) is 11.0 Å². The van der Waals surface area contributed by atoms with Crippen molar-refractivity contribution in [3.05, 3.63) is 77.6 Å². The predicted octanol–water partition coefficient (Wildman–Crippen LogP) is 5.22. The highest BCUT2D eigenvalue weighted by Gasteiger charge is 2.15. The fraction of sp³-hybridized carbons (Fsp3) is 0.111. The molecule has 0 unspecified atom stereocenters. The molecule has 0 aliphatic heterocycles. The molecule has 0 spiro atoms. The Morgan fingerprint density at radius 1 is 1.12 bits per heavy atom. The van der Waals surface area contributed by atoms with Gasteiger partial charge in [0.25, 0.3) is 0 Å². The van der Waals surface area contributed by atoms with Gasteiger partial charge in [0.2, 0.25) is 0 Å². The van der Waals surface area contributed by atoms with Crippen LogP contribution in [0.3, 0.4) is 0 Å². The van der Waals surface area contributed by atoms with Crippen molar-refractivity contribution in [3.8, 4) is 11.4 Å². The molecular formula is C18H15ClFN3S. The third kappa shape index (κ3) is 3.68. The Bertz CT molecular complexity index is 846. The average molecular weight is 360 g/mol. The molecule has 0 aliphatic rings. The molecular weight excluding hydrogens is 345 g/mol. The lowest BCUT2D eigenvalue weighted by Gasteiger charge is -2.08. The first-order chi connectivity index (χ1) is 11.7. The number of allylic oxidation sites excluding steroid dienone is 1. The van der Waals surface area contributed by atoms with Crippen LogP contribution in [0.25, 0.3) is 11.4 Å². The topological polar surface area (TPSA) is 30.7 Å². The van der Waals surface area contributed by atoms with Crippen LogP contribution in [0.5, 0.6) is 0 Å². The molecule has 3 rings (SSSR count). The van der Waals surface area contributed by atoms with Gasteiger partial charge in [-0.1, -0.05) is 53.7 Å². The van der Waals surface area contributed by atoms with Crippen LogP contribution in [0.4, 0.5) is 4.39 Å². The van der Waals surface area contributed by atoms with Crippen LogP contribution in [0.1, 0.15) is 5.56 Å². The molecule has 24 heavy (non-hydrogen) atoms. The van der Waals surface area contributed by atoms with Crippen molar-refractivity contribution in [3.63, 3.8) is 0 Å². The Morgan fingerprint density at radius 3 is 2.58 bits per heavy atom. The molecule has 0 fully saturated rings. The van der Waals surface area contributed by atoms with E-state index in [9.17, 15) is 4.39 Å². The number of rotatable bonds is 6. The van der Waals surface area contributed by atoms with Gasteiger partial charge in [0, 0.05) is 17.9 Å². The number of hydrogen-bond acceptors (Lipinski definition) is 3. The van der Waals surface area contributed by atoms with Gasteiger partial charge in [0.05, 0.1) is 5.02 Å². The van der Waals surface area contributed by atoms with Crippen molar-refractivity contribution >= 4 is 23.4 Å². The van der Waals surface area contributed by atoms with Crippen LogP contribution in [0, 0.1) is 5.82 Å². The highest BCUT2D eigenvalue weighted by atomic mass is 35.5. The van der Waals surface area contributed by atoms with Crippen LogP contribution in [-0.2, 0) is 12.3 Å². The zero-order valence-corrected chi connectivity index (χ0v) is 14.4. The molecule has 6 heteroatoms. The molecule has 0 N–H and O–H groups in total. The lowest BCUT2D eigenvalue weighted by molar-refractivity contribution is 0.627. The van der Waals surface area contributed by atoms with E-state index in [4.69, 9.17) is 11.6 Å². The second-order valence-electron chi connectivity index (χ2n) is 5.10.